The topological polar surface area (TPSA) is 55.1 Å². The van der Waals surface area contributed by atoms with Crippen molar-refractivity contribution in [2.24, 2.45) is 0 Å². The summed E-state index contributed by atoms with van der Waals surface area (Å²) in [4.78, 5) is 16.7. The molecule has 1 aliphatic rings. The molecule has 4 rings (SSSR count). The molecule has 0 saturated heterocycles. The summed E-state index contributed by atoms with van der Waals surface area (Å²) in [5.74, 6) is 0.713. The Morgan fingerprint density at radius 3 is 2.92 bits per heavy atom. The van der Waals surface area contributed by atoms with E-state index in [1.165, 1.54) is 41.7 Å². The van der Waals surface area contributed by atoms with Gasteiger partial charge in [0.05, 0.1) is 24.9 Å². The van der Waals surface area contributed by atoms with Crippen LogP contribution in [0.4, 0.5) is 0 Å². The van der Waals surface area contributed by atoms with Crippen LogP contribution in [0, 0.1) is 0 Å². The van der Waals surface area contributed by atoms with Gasteiger partial charge in [0.15, 0.2) is 0 Å². The minimum atomic E-state index is -0.0391. The molecule has 2 heterocycles. The molecule has 128 valence electrons. The number of hydrogen-bond donors (Lipinski definition) is 1. The van der Waals surface area contributed by atoms with Crippen LogP contribution < -0.4 is 5.32 Å². The molecule has 1 aliphatic carbocycles. The Morgan fingerprint density at radius 1 is 1.20 bits per heavy atom. The van der Waals surface area contributed by atoms with E-state index in [-0.39, 0.29) is 5.91 Å². The highest BCUT2D eigenvalue weighted by atomic mass is 32.1. The number of carbonyl (C=O) groups excluding carboxylic acids is 1. The van der Waals surface area contributed by atoms with E-state index in [1.807, 2.05) is 17.5 Å². The maximum Gasteiger partial charge on any atom is 0.227 e. The van der Waals surface area contributed by atoms with E-state index < -0.39 is 0 Å². The molecule has 4 nitrogen and oxygen atoms in total. The Bertz CT molecular complexity index is 868. The Kier molecular flexibility index (Phi) is 4.65. The molecule has 0 unspecified atom stereocenters. The molecule has 0 fully saturated rings. The zero-order valence-corrected chi connectivity index (χ0v) is 14.8. The first-order chi connectivity index (χ1) is 12.3. The molecule has 0 atom stereocenters. The maximum absolute atomic E-state index is 12.1. The van der Waals surface area contributed by atoms with Crippen LogP contribution in [-0.2, 0) is 30.6 Å². The predicted octanol–water partition coefficient (Wildman–Crippen LogP) is 4.14. The van der Waals surface area contributed by atoms with Crippen molar-refractivity contribution in [1.82, 2.24) is 10.3 Å². The standard InChI is InChI=1S/C20H20N2O2S/c23-19(21-12-17-6-3-9-24-17)11-20-22-18(13-25-20)16-8-7-14-4-1-2-5-15(14)10-16/h3,6-10,13H,1-2,4-5,11-12H2,(H,21,23). The number of amides is 1. The fourth-order valence-corrected chi connectivity index (χ4v) is 4.02. The zero-order valence-electron chi connectivity index (χ0n) is 14.0. The minimum absolute atomic E-state index is 0.0391. The van der Waals surface area contributed by atoms with Crippen molar-refractivity contribution in [1.29, 1.82) is 0 Å². The summed E-state index contributed by atoms with van der Waals surface area (Å²) in [6.07, 6.45) is 6.82. The first kappa shape index (κ1) is 16.1. The Balaban J connectivity index is 1.40. The number of rotatable bonds is 5. The van der Waals surface area contributed by atoms with Crippen molar-refractivity contribution in [3.8, 4) is 11.3 Å². The second-order valence-electron chi connectivity index (χ2n) is 6.35. The smallest absolute Gasteiger partial charge is 0.227 e. The molecule has 0 spiro atoms. The van der Waals surface area contributed by atoms with Gasteiger partial charge >= 0.3 is 0 Å². The molecule has 5 heteroatoms. The van der Waals surface area contributed by atoms with Gasteiger partial charge in [0.2, 0.25) is 5.91 Å². The van der Waals surface area contributed by atoms with Gasteiger partial charge in [-0.3, -0.25) is 4.79 Å². The Morgan fingerprint density at radius 2 is 2.08 bits per heavy atom. The largest absolute Gasteiger partial charge is 0.467 e. The summed E-state index contributed by atoms with van der Waals surface area (Å²) in [5.41, 5.74) is 5.04. The van der Waals surface area contributed by atoms with Crippen molar-refractivity contribution in [2.45, 2.75) is 38.6 Å². The first-order valence-electron chi connectivity index (χ1n) is 8.63. The highest BCUT2D eigenvalue weighted by molar-refractivity contribution is 7.10. The number of hydrogen-bond acceptors (Lipinski definition) is 4. The van der Waals surface area contributed by atoms with Gasteiger partial charge in [0, 0.05) is 10.9 Å². The molecule has 0 bridgehead atoms. The predicted molar refractivity (Wildman–Crippen MR) is 98.5 cm³/mol. The van der Waals surface area contributed by atoms with Gasteiger partial charge in [-0.25, -0.2) is 4.98 Å². The normalized spacial score (nSPS) is 13.4. The number of aromatic nitrogens is 1. The van der Waals surface area contributed by atoms with Gasteiger partial charge in [-0.15, -0.1) is 11.3 Å². The fourth-order valence-electron chi connectivity index (χ4n) is 3.22. The lowest BCUT2D eigenvalue weighted by Crippen LogP contribution is -2.24. The Labute approximate surface area is 150 Å². The van der Waals surface area contributed by atoms with Crippen LogP contribution in [0.25, 0.3) is 11.3 Å². The Hall–Kier alpha value is -2.40. The lowest BCUT2D eigenvalue weighted by molar-refractivity contribution is -0.120. The summed E-state index contributed by atoms with van der Waals surface area (Å²) < 4.78 is 5.21. The molecular formula is C20H20N2O2S. The summed E-state index contributed by atoms with van der Waals surface area (Å²) in [7, 11) is 0. The van der Waals surface area contributed by atoms with E-state index >= 15 is 0 Å². The van der Waals surface area contributed by atoms with Crippen molar-refractivity contribution in [2.75, 3.05) is 0 Å². The molecular weight excluding hydrogens is 332 g/mol. The molecule has 1 amide bonds. The van der Waals surface area contributed by atoms with E-state index in [4.69, 9.17) is 4.42 Å². The lowest BCUT2D eigenvalue weighted by Gasteiger charge is -2.16. The second kappa shape index (κ2) is 7.23. The van der Waals surface area contributed by atoms with E-state index in [2.05, 4.69) is 28.5 Å². The van der Waals surface area contributed by atoms with Gasteiger partial charge in [-0.2, -0.15) is 0 Å². The summed E-state index contributed by atoms with van der Waals surface area (Å²) in [6, 6.07) is 10.3. The average Bonchev–Trinajstić information content (AvgIpc) is 3.31. The zero-order chi connectivity index (χ0) is 17.1. The van der Waals surface area contributed by atoms with E-state index in [0.29, 0.717) is 13.0 Å². The lowest BCUT2D eigenvalue weighted by atomic mass is 9.90. The van der Waals surface area contributed by atoms with Gasteiger partial charge in [0.25, 0.3) is 0 Å². The van der Waals surface area contributed by atoms with E-state index in [9.17, 15) is 4.79 Å². The van der Waals surface area contributed by atoms with Crippen LogP contribution in [0.3, 0.4) is 0 Å². The SMILES string of the molecule is O=C(Cc1nc(-c2ccc3c(c2)CCCC3)cs1)NCc1ccco1. The third kappa shape index (κ3) is 3.82. The highest BCUT2D eigenvalue weighted by Gasteiger charge is 2.13. The number of nitrogens with zero attached hydrogens (tertiary/aromatic N) is 1. The van der Waals surface area contributed by atoms with Gasteiger partial charge < -0.3 is 9.73 Å². The molecule has 0 aliphatic heterocycles. The quantitative estimate of drug-likeness (QED) is 0.751. The number of benzene rings is 1. The van der Waals surface area contributed by atoms with Crippen molar-refractivity contribution < 1.29 is 9.21 Å². The second-order valence-corrected chi connectivity index (χ2v) is 7.29. The van der Waals surface area contributed by atoms with Crippen LogP contribution >= 0.6 is 11.3 Å². The van der Waals surface area contributed by atoms with Gasteiger partial charge in [-0.1, -0.05) is 12.1 Å². The highest BCUT2D eigenvalue weighted by Crippen LogP contribution is 2.28. The summed E-state index contributed by atoms with van der Waals surface area (Å²) in [5, 5.41) is 5.74. The number of carbonyl (C=O) groups is 1. The van der Waals surface area contributed by atoms with Crippen LogP contribution in [0.2, 0.25) is 0 Å². The average molecular weight is 352 g/mol. The number of furan rings is 1. The van der Waals surface area contributed by atoms with Crippen LogP contribution in [0.5, 0.6) is 0 Å². The summed E-state index contributed by atoms with van der Waals surface area (Å²) >= 11 is 1.54. The molecule has 0 saturated carbocycles. The molecule has 3 aromatic rings. The van der Waals surface area contributed by atoms with E-state index in [1.54, 1.807) is 6.26 Å². The number of thiazole rings is 1. The maximum atomic E-state index is 12.1. The van der Waals surface area contributed by atoms with Crippen LogP contribution in [0.15, 0.2) is 46.4 Å². The van der Waals surface area contributed by atoms with Crippen LogP contribution in [-0.4, -0.2) is 10.9 Å². The number of nitrogens with one attached hydrogen (secondary N) is 1. The number of aryl methyl sites for hydroxylation is 2. The van der Waals surface area contributed by atoms with E-state index in [0.717, 1.165) is 28.4 Å². The van der Waals surface area contributed by atoms with Crippen molar-refractivity contribution in [3.63, 3.8) is 0 Å². The fraction of sp³-hybridized carbons (Fsp3) is 0.300. The van der Waals surface area contributed by atoms with Gasteiger partial charge in [0.1, 0.15) is 10.8 Å². The third-order valence-corrected chi connectivity index (χ3v) is 5.40. The minimum Gasteiger partial charge on any atom is -0.467 e. The number of fused-ring (bicyclic) bond motifs is 1. The summed E-state index contributed by atoms with van der Waals surface area (Å²) in [6.45, 7) is 0.412. The molecule has 0 radical (unpaired) electrons. The molecule has 1 N–H and O–H groups in total. The third-order valence-electron chi connectivity index (χ3n) is 4.55. The van der Waals surface area contributed by atoms with Crippen LogP contribution in [0.1, 0.15) is 34.7 Å². The van der Waals surface area contributed by atoms with Crippen molar-refractivity contribution in [3.05, 3.63) is 63.9 Å². The molecule has 25 heavy (non-hydrogen) atoms. The monoisotopic (exact) mass is 352 g/mol. The first-order valence-corrected chi connectivity index (χ1v) is 9.51. The molecule has 2 aromatic heterocycles. The van der Waals surface area contributed by atoms with Crippen molar-refractivity contribution >= 4 is 17.2 Å². The van der Waals surface area contributed by atoms with Gasteiger partial charge in [-0.05, 0) is 55.0 Å². The molecule has 1 aromatic carbocycles.